The molecule has 0 saturated heterocycles. The Labute approximate surface area is 154 Å². The van der Waals surface area contributed by atoms with Crippen LogP contribution in [0.1, 0.15) is 32.9 Å². The van der Waals surface area contributed by atoms with Gasteiger partial charge in [0.25, 0.3) is 5.56 Å². The quantitative estimate of drug-likeness (QED) is 0.423. The Bertz CT molecular complexity index is 1210. The number of benzene rings is 1. The Morgan fingerprint density at radius 1 is 1.14 bits per heavy atom. The Hall–Kier alpha value is -3.74. The molecule has 0 radical (unpaired) electrons. The van der Waals surface area contributed by atoms with Crippen LogP contribution in [-0.4, -0.2) is 20.5 Å². The van der Waals surface area contributed by atoms with Gasteiger partial charge in [-0.2, -0.15) is 5.26 Å². The summed E-state index contributed by atoms with van der Waals surface area (Å²) in [5.74, 6) is -8.56. The topological polar surface area (TPSA) is 91.5 Å². The molecule has 0 spiro atoms. The number of nitrogens with one attached hydrogen (secondary N) is 1. The third-order valence-electron chi connectivity index (χ3n) is 4.03. The van der Waals surface area contributed by atoms with Crippen molar-refractivity contribution in [2.45, 2.75) is 13.8 Å². The molecule has 2 heterocycles. The summed E-state index contributed by atoms with van der Waals surface area (Å²) in [6.07, 6.45) is 1.34. The Balaban J connectivity index is 2.26. The average Bonchev–Trinajstić information content (AvgIpc) is 2.94. The second kappa shape index (κ2) is 6.77. The Morgan fingerprint density at radius 3 is 2.29 bits per heavy atom. The van der Waals surface area contributed by atoms with Gasteiger partial charge in [-0.25, -0.2) is 22.2 Å². The predicted molar refractivity (Wildman–Crippen MR) is 88.1 cm³/mol. The van der Waals surface area contributed by atoms with E-state index in [9.17, 15) is 27.2 Å². The van der Waals surface area contributed by atoms with Gasteiger partial charge in [0, 0.05) is 23.1 Å². The fourth-order valence-electron chi connectivity index (χ4n) is 2.72. The lowest BCUT2D eigenvalue weighted by atomic mass is 10.0. The van der Waals surface area contributed by atoms with Gasteiger partial charge in [0.1, 0.15) is 22.9 Å². The van der Waals surface area contributed by atoms with Gasteiger partial charge in [0.05, 0.1) is 0 Å². The molecule has 1 N–H and O–H groups in total. The van der Waals surface area contributed by atoms with Crippen molar-refractivity contribution in [2.24, 2.45) is 0 Å². The maximum Gasteiger partial charge on any atom is 0.282 e. The molecule has 3 rings (SSSR count). The lowest BCUT2D eigenvalue weighted by Gasteiger charge is -2.08. The number of carbonyl (C=O) groups excluding carboxylic acids is 1. The highest BCUT2D eigenvalue weighted by Crippen LogP contribution is 2.26. The third-order valence-corrected chi connectivity index (χ3v) is 4.03. The van der Waals surface area contributed by atoms with E-state index < -0.39 is 51.4 Å². The van der Waals surface area contributed by atoms with E-state index in [4.69, 9.17) is 5.26 Å². The molecule has 0 aliphatic carbocycles. The number of rotatable bonds is 3. The molecule has 0 aliphatic rings. The molecule has 1 aromatic carbocycles. The lowest BCUT2D eigenvalue weighted by Crippen LogP contribution is -2.24. The Morgan fingerprint density at radius 2 is 1.75 bits per heavy atom. The normalized spacial score (nSPS) is 10.8. The zero-order chi connectivity index (χ0) is 20.7. The van der Waals surface area contributed by atoms with Crippen molar-refractivity contribution in [3.63, 3.8) is 0 Å². The molecule has 0 amide bonds. The van der Waals surface area contributed by atoms with E-state index >= 15 is 0 Å². The first kappa shape index (κ1) is 19.0. The first-order chi connectivity index (χ1) is 13.2. The molecule has 6 nitrogen and oxygen atoms in total. The molecule has 0 saturated carbocycles. The van der Waals surface area contributed by atoms with Gasteiger partial charge in [0.2, 0.25) is 5.78 Å². The van der Waals surface area contributed by atoms with Gasteiger partial charge in [-0.15, -0.1) is 0 Å². The summed E-state index contributed by atoms with van der Waals surface area (Å²) in [4.78, 5) is 29.2. The van der Waals surface area contributed by atoms with Crippen molar-refractivity contribution in [2.75, 3.05) is 0 Å². The van der Waals surface area contributed by atoms with E-state index in [-0.39, 0.29) is 15.9 Å². The highest BCUT2D eigenvalue weighted by Gasteiger charge is 2.30. The number of nitrogens with zero attached hydrogens (tertiary/aromatic N) is 3. The average molecular weight is 390 g/mol. The number of hydrogen-bond acceptors (Lipinski definition) is 4. The maximum atomic E-state index is 14.3. The molecule has 2 aromatic heterocycles. The van der Waals surface area contributed by atoms with Crippen molar-refractivity contribution in [1.82, 2.24) is 14.8 Å². The second-order valence-corrected chi connectivity index (χ2v) is 5.86. The van der Waals surface area contributed by atoms with Gasteiger partial charge in [0.15, 0.2) is 23.3 Å². The molecular formula is C18H10F4N4O2. The van der Waals surface area contributed by atoms with E-state index in [0.29, 0.717) is 5.69 Å². The molecule has 28 heavy (non-hydrogen) atoms. The van der Waals surface area contributed by atoms with Crippen LogP contribution in [0.4, 0.5) is 17.6 Å². The molecule has 142 valence electrons. The summed E-state index contributed by atoms with van der Waals surface area (Å²) >= 11 is 0. The minimum Gasteiger partial charge on any atom is -0.294 e. The van der Waals surface area contributed by atoms with Crippen molar-refractivity contribution < 1.29 is 22.4 Å². The number of halogens is 4. The van der Waals surface area contributed by atoms with Crippen LogP contribution in [0, 0.1) is 48.4 Å². The SMILES string of the molecule is Cc1cc(C(=O)c2c(C)[nH]n(-c3c(F)c(F)c(C#N)c(F)c3F)c2=O)ccn1. The predicted octanol–water partition coefficient (Wildman–Crippen LogP) is 2.84. The van der Waals surface area contributed by atoms with Crippen molar-refractivity contribution in [1.29, 1.82) is 5.26 Å². The number of aromatic amines is 1. The largest absolute Gasteiger partial charge is 0.294 e. The second-order valence-electron chi connectivity index (χ2n) is 5.86. The maximum absolute atomic E-state index is 14.3. The molecule has 0 atom stereocenters. The van der Waals surface area contributed by atoms with Gasteiger partial charge in [-0.1, -0.05) is 0 Å². The fraction of sp³-hybridized carbons (Fsp3) is 0.111. The van der Waals surface area contributed by atoms with Crippen LogP contribution in [0.25, 0.3) is 5.69 Å². The summed E-state index contributed by atoms with van der Waals surface area (Å²) in [6, 6.07) is 3.76. The number of carbonyl (C=O) groups is 1. The summed E-state index contributed by atoms with van der Waals surface area (Å²) < 4.78 is 56.5. The minimum atomic E-state index is -1.95. The van der Waals surface area contributed by atoms with Gasteiger partial charge in [-0.05, 0) is 26.0 Å². The highest BCUT2D eigenvalue weighted by atomic mass is 19.2. The molecule has 0 unspecified atom stereocenters. The minimum absolute atomic E-state index is 0.0755. The van der Waals surface area contributed by atoms with Crippen LogP contribution in [0.15, 0.2) is 23.1 Å². The standard InChI is InChI=1S/C18H10F4N4O2/c1-7-5-9(3-4-24-7)17(27)11-8(2)25-26(18(11)28)16-14(21)12(19)10(6-23)13(20)15(16)22/h3-5,25H,1-2H3. The van der Waals surface area contributed by atoms with Crippen molar-refractivity contribution in [3.05, 3.63) is 80.0 Å². The smallest absolute Gasteiger partial charge is 0.282 e. The van der Waals surface area contributed by atoms with E-state index in [1.54, 1.807) is 6.92 Å². The van der Waals surface area contributed by atoms with Crippen molar-refractivity contribution >= 4 is 5.78 Å². The van der Waals surface area contributed by atoms with Gasteiger partial charge in [-0.3, -0.25) is 19.7 Å². The molecular weight excluding hydrogens is 380 g/mol. The number of aromatic nitrogens is 3. The lowest BCUT2D eigenvalue weighted by molar-refractivity contribution is 0.103. The summed E-state index contributed by atoms with van der Waals surface area (Å²) in [5, 5.41) is 10.9. The van der Waals surface area contributed by atoms with E-state index in [0.717, 1.165) is 6.07 Å². The van der Waals surface area contributed by atoms with Crippen LogP contribution in [-0.2, 0) is 0 Å². The molecule has 0 fully saturated rings. The van der Waals surface area contributed by atoms with Crippen LogP contribution in [0.5, 0.6) is 0 Å². The van der Waals surface area contributed by atoms with E-state index in [2.05, 4.69) is 10.1 Å². The monoisotopic (exact) mass is 390 g/mol. The van der Waals surface area contributed by atoms with Crippen LogP contribution in [0.3, 0.4) is 0 Å². The highest BCUT2D eigenvalue weighted by molar-refractivity contribution is 6.09. The number of H-pyrrole nitrogens is 1. The Kier molecular flexibility index (Phi) is 4.60. The zero-order valence-corrected chi connectivity index (χ0v) is 14.4. The summed E-state index contributed by atoms with van der Waals surface area (Å²) in [7, 11) is 0. The summed E-state index contributed by atoms with van der Waals surface area (Å²) in [6.45, 7) is 2.90. The molecule has 3 aromatic rings. The number of nitriles is 1. The molecule has 0 aliphatic heterocycles. The molecule has 0 bridgehead atoms. The number of ketones is 1. The molecule has 10 heteroatoms. The van der Waals surface area contributed by atoms with Gasteiger partial charge >= 0.3 is 0 Å². The number of aryl methyl sites for hydroxylation is 2. The first-order valence-corrected chi connectivity index (χ1v) is 7.74. The number of pyridine rings is 1. The fourth-order valence-corrected chi connectivity index (χ4v) is 2.72. The third kappa shape index (κ3) is 2.77. The van der Waals surface area contributed by atoms with Crippen LogP contribution < -0.4 is 5.56 Å². The van der Waals surface area contributed by atoms with E-state index in [1.807, 2.05) is 0 Å². The van der Waals surface area contributed by atoms with Crippen LogP contribution >= 0.6 is 0 Å². The zero-order valence-electron chi connectivity index (χ0n) is 14.4. The van der Waals surface area contributed by atoms with E-state index in [1.165, 1.54) is 25.3 Å². The van der Waals surface area contributed by atoms with Gasteiger partial charge < -0.3 is 0 Å². The summed E-state index contributed by atoms with van der Waals surface area (Å²) in [5.41, 5.74) is -4.02. The van der Waals surface area contributed by atoms with Crippen LogP contribution in [0.2, 0.25) is 0 Å². The number of hydrogen-bond donors (Lipinski definition) is 1. The van der Waals surface area contributed by atoms with Crippen molar-refractivity contribution in [3.8, 4) is 11.8 Å². The first-order valence-electron chi connectivity index (χ1n) is 7.74.